The van der Waals surface area contributed by atoms with Gasteiger partial charge in [-0.3, -0.25) is 14.5 Å². The van der Waals surface area contributed by atoms with Crippen LogP contribution in [0.4, 0.5) is 4.79 Å². The zero-order chi connectivity index (χ0) is 24.5. The molecular weight excluding hydrogens is 420 g/mol. The van der Waals surface area contributed by atoms with E-state index in [9.17, 15) is 19.2 Å². The Morgan fingerprint density at radius 1 is 1.19 bits per heavy atom. The number of hydrogen-bond acceptors (Lipinski definition) is 8. The second kappa shape index (κ2) is 12.0. The lowest BCUT2D eigenvalue weighted by atomic mass is 9.95. The van der Waals surface area contributed by atoms with Crippen LogP contribution < -0.4 is 5.32 Å². The van der Waals surface area contributed by atoms with Gasteiger partial charge in [0.1, 0.15) is 17.2 Å². The lowest BCUT2D eigenvalue weighted by Gasteiger charge is -2.38. The van der Waals surface area contributed by atoms with Gasteiger partial charge in [0, 0.05) is 20.1 Å². The van der Waals surface area contributed by atoms with Gasteiger partial charge in [-0.05, 0) is 47.0 Å². The molecule has 1 aliphatic rings. The lowest BCUT2D eigenvalue weighted by Crippen LogP contribution is -2.64. The Morgan fingerprint density at radius 2 is 1.84 bits per heavy atom. The maximum absolute atomic E-state index is 13.5. The third-order valence-corrected chi connectivity index (χ3v) is 5.07. The largest absolute Gasteiger partial charge is 0.467 e. The Morgan fingerprint density at radius 3 is 2.38 bits per heavy atom. The molecule has 0 saturated carbocycles. The fraction of sp³-hybridized carbons (Fsp3) is 0.818. The van der Waals surface area contributed by atoms with E-state index < -0.39 is 47.2 Å². The van der Waals surface area contributed by atoms with E-state index in [0.29, 0.717) is 26.0 Å². The minimum atomic E-state index is -1.36. The highest BCUT2D eigenvalue weighted by Gasteiger charge is 2.52. The van der Waals surface area contributed by atoms with Gasteiger partial charge in [0.25, 0.3) is 0 Å². The summed E-state index contributed by atoms with van der Waals surface area (Å²) in [5.74, 6) is -1.96. The minimum absolute atomic E-state index is 0.0477. The summed E-state index contributed by atoms with van der Waals surface area (Å²) in [4.78, 5) is 51.5. The Balaban J connectivity index is 3.21. The van der Waals surface area contributed by atoms with Crippen LogP contribution in [0.1, 0.15) is 67.2 Å². The number of unbranched alkanes of at least 4 members (excludes halogenated alkanes) is 1. The molecule has 184 valence electrons. The monoisotopic (exact) mass is 458 g/mol. The van der Waals surface area contributed by atoms with Crippen molar-refractivity contribution in [2.75, 3.05) is 26.9 Å². The Kier molecular flexibility index (Phi) is 10.4. The van der Waals surface area contributed by atoms with Gasteiger partial charge in [-0.2, -0.15) is 0 Å². The molecule has 32 heavy (non-hydrogen) atoms. The van der Waals surface area contributed by atoms with Gasteiger partial charge in [-0.15, -0.1) is 0 Å². The van der Waals surface area contributed by atoms with Crippen molar-refractivity contribution >= 4 is 23.9 Å². The molecule has 2 amide bonds. The molecule has 1 unspecified atom stereocenters. The van der Waals surface area contributed by atoms with Gasteiger partial charge in [0.2, 0.25) is 5.91 Å². The summed E-state index contributed by atoms with van der Waals surface area (Å²) in [5.41, 5.74) is -2.11. The van der Waals surface area contributed by atoms with Crippen molar-refractivity contribution in [1.29, 1.82) is 0 Å². The topological polar surface area (TPSA) is 120 Å². The predicted molar refractivity (Wildman–Crippen MR) is 116 cm³/mol. The Labute approximate surface area is 190 Å². The van der Waals surface area contributed by atoms with Crippen molar-refractivity contribution in [3.8, 4) is 0 Å². The quantitative estimate of drug-likeness (QED) is 0.300. The second-order valence-corrected chi connectivity index (χ2v) is 8.96. The van der Waals surface area contributed by atoms with E-state index in [1.807, 2.05) is 6.92 Å². The number of carbonyl (C=O) groups excluding carboxylic acids is 4. The van der Waals surface area contributed by atoms with E-state index in [2.05, 4.69) is 5.32 Å². The maximum Gasteiger partial charge on any atom is 0.411 e. The fourth-order valence-electron chi connectivity index (χ4n) is 3.50. The molecule has 0 aliphatic carbocycles. The van der Waals surface area contributed by atoms with E-state index >= 15 is 0 Å². The molecule has 1 fully saturated rings. The van der Waals surface area contributed by atoms with E-state index in [0.717, 1.165) is 12.8 Å². The molecule has 1 aliphatic heterocycles. The summed E-state index contributed by atoms with van der Waals surface area (Å²) in [6, 6.07) is -1.25. The second-order valence-electron chi connectivity index (χ2n) is 8.96. The maximum atomic E-state index is 13.5. The molecule has 1 saturated heterocycles. The SMILES string of the molecule is CCCCOCC1(C(=O)N[C@H](C(=O)OC)[C@@H](C)OC(C)=O)CCCN1C(=O)OC(C)(C)C. The van der Waals surface area contributed by atoms with Crippen LogP contribution in [-0.2, 0) is 33.3 Å². The highest BCUT2D eigenvalue weighted by Crippen LogP contribution is 2.32. The fourth-order valence-corrected chi connectivity index (χ4v) is 3.50. The molecular formula is C22H38N2O8. The molecule has 10 nitrogen and oxygen atoms in total. The van der Waals surface area contributed by atoms with Crippen LogP contribution in [0.15, 0.2) is 0 Å². The summed E-state index contributed by atoms with van der Waals surface area (Å²) in [6.07, 6.45) is 1.01. The molecule has 1 N–H and O–H groups in total. The molecule has 0 aromatic rings. The van der Waals surface area contributed by atoms with Gasteiger partial charge < -0.3 is 24.3 Å². The van der Waals surface area contributed by atoms with E-state index in [-0.39, 0.29) is 6.61 Å². The first-order valence-corrected chi connectivity index (χ1v) is 11.0. The van der Waals surface area contributed by atoms with Crippen LogP contribution in [0.25, 0.3) is 0 Å². The number of carbonyl (C=O) groups is 4. The number of nitrogens with zero attached hydrogens (tertiary/aromatic N) is 1. The number of nitrogens with one attached hydrogen (secondary N) is 1. The van der Waals surface area contributed by atoms with E-state index in [4.69, 9.17) is 18.9 Å². The van der Waals surface area contributed by atoms with Crippen molar-refractivity contribution in [2.45, 2.75) is 90.5 Å². The summed E-state index contributed by atoms with van der Waals surface area (Å²) < 4.78 is 21.2. The molecule has 3 atom stereocenters. The Hall–Kier alpha value is -2.36. The number of methoxy groups -OCH3 is 1. The Bertz CT molecular complexity index is 675. The summed E-state index contributed by atoms with van der Waals surface area (Å²) in [6.45, 7) is 10.6. The number of rotatable bonds is 10. The number of likely N-dealkylation sites (tertiary alicyclic amines) is 1. The van der Waals surface area contributed by atoms with Crippen LogP contribution in [0, 0.1) is 0 Å². The molecule has 0 aromatic heterocycles. The van der Waals surface area contributed by atoms with Gasteiger partial charge in [0.15, 0.2) is 6.04 Å². The number of ether oxygens (including phenoxy) is 4. The van der Waals surface area contributed by atoms with E-state index in [1.54, 1.807) is 20.8 Å². The minimum Gasteiger partial charge on any atom is -0.467 e. The van der Waals surface area contributed by atoms with Crippen molar-refractivity contribution in [3.05, 3.63) is 0 Å². The molecule has 1 rings (SSSR count). The zero-order valence-corrected chi connectivity index (χ0v) is 20.3. The van der Waals surface area contributed by atoms with Gasteiger partial charge >= 0.3 is 18.0 Å². The highest BCUT2D eigenvalue weighted by atomic mass is 16.6. The van der Waals surface area contributed by atoms with Gasteiger partial charge in [-0.25, -0.2) is 9.59 Å². The third-order valence-electron chi connectivity index (χ3n) is 5.07. The predicted octanol–water partition coefficient (Wildman–Crippen LogP) is 2.18. The van der Waals surface area contributed by atoms with Crippen LogP contribution in [-0.4, -0.2) is 79.0 Å². The van der Waals surface area contributed by atoms with E-state index in [1.165, 1.54) is 25.9 Å². The summed E-state index contributed by atoms with van der Waals surface area (Å²) in [5, 5.41) is 2.62. The van der Waals surface area contributed by atoms with Gasteiger partial charge in [-0.1, -0.05) is 13.3 Å². The number of hydrogen-bond donors (Lipinski definition) is 1. The first-order valence-electron chi connectivity index (χ1n) is 11.0. The smallest absolute Gasteiger partial charge is 0.411 e. The van der Waals surface area contributed by atoms with Crippen LogP contribution in [0.2, 0.25) is 0 Å². The number of amides is 2. The number of esters is 2. The van der Waals surface area contributed by atoms with Crippen molar-refractivity contribution in [1.82, 2.24) is 10.2 Å². The van der Waals surface area contributed by atoms with Crippen LogP contribution >= 0.6 is 0 Å². The van der Waals surface area contributed by atoms with Crippen molar-refractivity contribution in [3.63, 3.8) is 0 Å². The third kappa shape index (κ3) is 7.65. The highest BCUT2D eigenvalue weighted by molar-refractivity contribution is 5.94. The normalized spacial score (nSPS) is 20.3. The molecule has 0 radical (unpaired) electrons. The summed E-state index contributed by atoms with van der Waals surface area (Å²) in [7, 11) is 1.17. The zero-order valence-electron chi connectivity index (χ0n) is 20.3. The van der Waals surface area contributed by atoms with Gasteiger partial charge in [0.05, 0.1) is 13.7 Å². The molecule has 0 spiro atoms. The average Bonchev–Trinajstić information content (AvgIpc) is 3.12. The van der Waals surface area contributed by atoms with Crippen LogP contribution in [0.5, 0.6) is 0 Å². The lowest BCUT2D eigenvalue weighted by molar-refractivity contribution is -0.158. The molecule has 0 aromatic carbocycles. The van der Waals surface area contributed by atoms with Crippen LogP contribution in [0.3, 0.4) is 0 Å². The molecule has 0 bridgehead atoms. The van der Waals surface area contributed by atoms with Crippen molar-refractivity contribution in [2.24, 2.45) is 0 Å². The average molecular weight is 459 g/mol. The van der Waals surface area contributed by atoms with Crippen molar-refractivity contribution < 1.29 is 38.1 Å². The standard InChI is InChI=1S/C22H38N2O8/c1-8-9-13-30-14-22(11-10-12-24(22)20(28)32-21(4,5)6)19(27)23-17(18(26)29-7)15(2)31-16(3)25/h15,17H,8-14H2,1-7H3,(H,23,27)/t15-,17+,22?/m1/s1. The first kappa shape index (κ1) is 27.7. The first-order chi connectivity index (χ1) is 14.9. The molecule has 10 heteroatoms. The molecule has 1 heterocycles. The summed E-state index contributed by atoms with van der Waals surface area (Å²) >= 11 is 0.